The van der Waals surface area contributed by atoms with Crippen molar-refractivity contribution in [3.63, 3.8) is 0 Å². The van der Waals surface area contributed by atoms with Gasteiger partial charge in [0.05, 0.1) is 13.0 Å². The Hall–Kier alpha value is -2.82. The van der Waals surface area contributed by atoms with Crippen LogP contribution >= 0.6 is 0 Å². The van der Waals surface area contributed by atoms with Gasteiger partial charge in [-0.25, -0.2) is 0 Å². The van der Waals surface area contributed by atoms with Crippen LogP contribution in [0.1, 0.15) is 30.4 Å². The molecule has 0 radical (unpaired) electrons. The van der Waals surface area contributed by atoms with E-state index in [2.05, 4.69) is 17.6 Å². The van der Waals surface area contributed by atoms with Crippen molar-refractivity contribution in [2.75, 3.05) is 17.2 Å². The van der Waals surface area contributed by atoms with Crippen molar-refractivity contribution in [1.82, 2.24) is 0 Å². The highest BCUT2D eigenvalue weighted by atomic mass is 16.5. The lowest BCUT2D eigenvalue weighted by molar-refractivity contribution is -0.117. The lowest BCUT2D eigenvalue weighted by atomic mass is 10.1. The van der Waals surface area contributed by atoms with Crippen LogP contribution in [0.3, 0.4) is 0 Å². The van der Waals surface area contributed by atoms with Gasteiger partial charge in [-0.05, 0) is 74.2 Å². The highest BCUT2D eigenvalue weighted by Gasteiger charge is 2.29. The smallest absolute Gasteiger partial charge is 0.227 e. The number of carbonyl (C=O) groups is 2. The number of benzene rings is 2. The molecule has 2 aromatic carbocycles. The first-order valence-corrected chi connectivity index (χ1v) is 8.92. The third-order valence-corrected chi connectivity index (χ3v) is 4.46. The average Bonchev–Trinajstić information content (AvgIpc) is 3.45. The second-order valence-electron chi connectivity index (χ2n) is 6.73. The van der Waals surface area contributed by atoms with Gasteiger partial charge in [-0.15, -0.1) is 0 Å². The number of ether oxygens (including phenoxy) is 1. The number of rotatable bonds is 7. The Morgan fingerprint density at radius 2 is 1.62 bits per heavy atom. The molecule has 0 aromatic heterocycles. The van der Waals surface area contributed by atoms with Gasteiger partial charge in [0.15, 0.2) is 0 Å². The zero-order valence-electron chi connectivity index (χ0n) is 15.2. The van der Waals surface area contributed by atoms with Crippen molar-refractivity contribution in [2.45, 2.75) is 33.1 Å². The monoisotopic (exact) mass is 352 g/mol. The molecule has 136 valence electrons. The second-order valence-corrected chi connectivity index (χ2v) is 6.73. The first kappa shape index (κ1) is 18.0. The van der Waals surface area contributed by atoms with Crippen LogP contribution in [-0.2, 0) is 9.59 Å². The summed E-state index contributed by atoms with van der Waals surface area (Å²) in [6.45, 7) is 4.41. The molecular weight excluding hydrogens is 328 g/mol. The van der Waals surface area contributed by atoms with Crippen LogP contribution in [0.2, 0.25) is 0 Å². The molecule has 1 saturated carbocycles. The van der Waals surface area contributed by atoms with Crippen molar-refractivity contribution in [1.29, 1.82) is 0 Å². The molecule has 0 aliphatic heterocycles. The maximum absolute atomic E-state index is 12.0. The molecule has 1 aliphatic carbocycles. The van der Waals surface area contributed by atoms with Gasteiger partial charge in [0.1, 0.15) is 5.75 Å². The average molecular weight is 352 g/mol. The third kappa shape index (κ3) is 5.09. The Kier molecular flexibility index (Phi) is 5.56. The molecule has 0 atom stereocenters. The van der Waals surface area contributed by atoms with Crippen LogP contribution in [0.15, 0.2) is 42.5 Å². The predicted octanol–water partition coefficient (Wildman–Crippen LogP) is 4.06. The number of amides is 2. The van der Waals surface area contributed by atoms with Crippen molar-refractivity contribution < 1.29 is 14.3 Å². The summed E-state index contributed by atoms with van der Waals surface area (Å²) in [5.41, 5.74) is 3.83. The van der Waals surface area contributed by atoms with E-state index < -0.39 is 0 Å². The van der Waals surface area contributed by atoms with Gasteiger partial charge in [0.25, 0.3) is 0 Å². The highest BCUT2D eigenvalue weighted by molar-refractivity contribution is 5.95. The zero-order chi connectivity index (χ0) is 18.5. The van der Waals surface area contributed by atoms with Crippen molar-refractivity contribution in [3.05, 3.63) is 53.6 Å². The number of aryl methyl sites for hydroxylation is 2. The summed E-state index contributed by atoms with van der Waals surface area (Å²) in [6.07, 6.45) is 2.22. The molecule has 0 saturated heterocycles. The van der Waals surface area contributed by atoms with E-state index in [9.17, 15) is 9.59 Å². The fourth-order valence-electron chi connectivity index (χ4n) is 2.52. The van der Waals surface area contributed by atoms with Gasteiger partial charge in [0.2, 0.25) is 11.8 Å². The van der Waals surface area contributed by atoms with Gasteiger partial charge in [-0.1, -0.05) is 6.07 Å². The molecule has 1 fully saturated rings. The van der Waals surface area contributed by atoms with Crippen molar-refractivity contribution >= 4 is 23.2 Å². The van der Waals surface area contributed by atoms with E-state index in [4.69, 9.17) is 4.74 Å². The van der Waals surface area contributed by atoms with Gasteiger partial charge in [-0.3, -0.25) is 9.59 Å². The summed E-state index contributed by atoms with van der Waals surface area (Å²) in [7, 11) is 0. The third-order valence-electron chi connectivity index (χ3n) is 4.46. The summed E-state index contributed by atoms with van der Waals surface area (Å²) in [5, 5.41) is 5.71. The summed E-state index contributed by atoms with van der Waals surface area (Å²) < 4.78 is 5.63. The van der Waals surface area contributed by atoms with E-state index in [1.165, 1.54) is 11.1 Å². The summed E-state index contributed by atoms with van der Waals surface area (Å²) >= 11 is 0. The fourth-order valence-corrected chi connectivity index (χ4v) is 2.52. The van der Waals surface area contributed by atoms with E-state index in [0.29, 0.717) is 12.3 Å². The molecule has 26 heavy (non-hydrogen) atoms. The minimum atomic E-state index is -0.108. The first-order chi connectivity index (χ1) is 12.5. The molecule has 2 N–H and O–H groups in total. The number of anilines is 2. The van der Waals surface area contributed by atoms with Crippen molar-refractivity contribution in [3.8, 4) is 5.75 Å². The molecule has 0 bridgehead atoms. The normalized spacial score (nSPS) is 13.2. The Balaban J connectivity index is 1.42. The van der Waals surface area contributed by atoms with E-state index >= 15 is 0 Å². The van der Waals surface area contributed by atoms with E-state index in [1.54, 1.807) is 24.3 Å². The molecule has 0 heterocycles. The predicted molar refractivity (Wildman–Crippen MR) is 102 cm³/mol. The standard InChI is InChI=1S/C21H24N2O3/c1-14-3-10-19(13-15(14)2)26-12-11-20(24)22-17-6-8-18(9-7-17)23-21(25)16-4-5-16/h3,6-10,13,16H,4-5,11-12H2,1-2H3,(H,22,24)(H,23,25). The van der Waals surface area contributed by atoms with Crippen LogP contribution in [0, 0.1) is 19.8 Å². The van der Waals surface area contributed by atoms with Crippen molar-refractivity contribution in [2.24, 2.45) is 5.92 Å². The lowest BCUT2D eigenvalue weighted by Crippen LogP contribution is -2.15. The second kappa shape index (κ2) is 8.04. The molecule has 3 rings (SSSR count). The van der Waals surface area contributed by atoms with Crippen LogP contribution in [0.4, 0.5) is 11.4 Å². The summed E-state index contributed by atoms with van der Waals surface area (Å²) in [5.74, 6) is 0.914. The number of nitrogens with one attached hydrogen (secondary N) is 2. The molecule has 0 spiro atoms. The van der Waals surface area contributed by atoms with Crippen LogP contribution in [0.25, 0.3) is 0 Å². The van der Waals surface area contributed by atoms with Crippen LogP contribution in [-0.4, -0.2) is 18.4 Å². The quantitative estimate of drug-likeness (QED) is 0.790. The first-order valence-electron chi connectivity index (χ1n) is 8.92. The Morgan fingerprint density at radius 3 is 2.23 bits per heavy atom. The topological polar surface area (TPSA) is 67.4 Å². The maximum atomic E-state index is 12.0. The van der Waals surface area contributed by atoms with Crippen LogP contribution in [0.5, 0.6) is 5.75 Å². The largest absolute Gasteiger partial charge is 0.493 e. The molecular formula is C21H24N2O3. The zero-order valence-corrected chi connectivity index (χ0v) is 15.2. The minimum absolute atomic E-state index is 0.0743. The van der Waals surface area contributed by atoms with Gasteiger partial charge < -0.3 is 15.4 Å². The van der Waals surface area contributed by atoms with Gasteiger partial charge in [0, 0.05) is 17.3 Å². The maximum Gasteiger partial charge on any atom is 0.227 e. The lowest BCUT2D eigenvalue weighted by Gasteiger charge is -2.09. The van der Waals surface area contributed by atoms with Crippen LogP contribution < -0.4 is 15.4 Å². The molecule has 0 unspecified atom stereocenters. The molecule has 1 aliphatic rings. The Labute approximate surface area is 153 Å². The fraction of sp³-hybridized carbons (Fsp3) is 0.333. The Morgan fingerprint density at radius 1 is 0.962 bits per heavy atom. The Bertz CT molecular complexity index is 795. The molecule has 2 amide bonds. The summed E-state index contributed by atoms with van der Waals surface area (Å²) in [6, 6.07) is 13.0. The van der Waals surface area contributed by atoms with E-state index in [0.717, 1.165) is 24.3 Å². The van der Waals surface area contributed by atoms with E-state index in [1.807, 2.05) is 25.1 Å². The minimum Gasteiger partial charge on any atom is -0.493 e. The SMILES string of the molecule is Cc1ccc(OCCC(=O)Nc2ccc(NC(=O)C3CC3)cc2)cc1C. The van der Waals surface area contributed by atoms with E-state index in [-0.39, 0.29) is 24.2 Å². The number of carbonyl (C=O) groups excluding carboxylic acids is 2. The van der Waals surface area contributed by atoms with Gasteiger partial charge >= 0.3 is 0 Å². The molecule has 5 nitrogen and oxygen atoms in total. The molecule has 5 heteroatoms. The number of hydrogen-bond donors (Lipinski definition) is 2. The number of hydrogen-bond acceptors (Lipinski definition) is 3. The summed E-state index contributed by atoms with van der Waals surface area (Å²) in [4.78, 5) is 23.7. The van der Waals surface area contributed by atoms with Gasteiger partial charge in [-0.2, -0.15) is 0 Å². The highest BCUT2D eigenvalue weighted by Crippen LogP contribution is 2.30. The molecule has 2 aromatic rings.